The molecule has 0 aromatic rings. The molecule has 9 nitrogen and oxygen atoms in total. The minimum Gasteiger partial charge on any atom is -0.377 e. The molecule has 0 N–H and O–H groups in total. The fraction of sp³-hybridized carbons (Fsp3) is 0.947. The normalized spacial score (nSPS) is 48.7. The molecule has 50 heavy (non-hydrogen) atoms. The van der Waals surface area contributed by atoms with Gasteiger partial charge < -0.3 is 28.6 Å². The average molecular weight is 717 g/mol. The highest BCUT2D eigenvalue weighted by Crippen LogP contribution is 2.64. The van der Waals surface area contributed by atoms with Crippen LogP contribution in [-0.4, -0.2) is 61.4 Å². The van der Waals surface area contributed by atoms with Crippen molar-refractivity contribution >= 4 is 0 Å². The van der Waals surface area contributed by atoms with Gasteiger partial charge in [-0.25, -0.2) is 4.89 Å². The summed E-state index contributed by atoms with van der Waals surface area (Å²) in [5.74, 6) is -2.17. The van der Waals surface area contributed by atoms with Crippen LogP contribution in [-0.2, 0) is 43.2 Å². The van der Waals surface area contributed by atoms with Crippen LogP contribution in [0.15, 0.2) is 11.3 Å². The van der Waals surface area contributed by atoms with E-state index in [4.69, 9.17) is 43.2 Å². The lowest BCUT2D eigenvalue weighted by molar-refractivity contribution is -0.523. The first-order chi connectivity index (χ1) is 23.6. The quantitative estimate of drug-likeness (QED) is 0.163. The van der Waals surface area contributed by atoms with Crippen molar-refractivity contribution in [2.45, 2.75) is 161 Å². The number of unbranched alkanes of at least 4 members (excludes halogenated alkanes) is 2. The summed E-state index contributed by atoms with van der Waals surface area (Å²) in [7, 11) is 0. The van der Waals surface area contributed by atoms with E-state index in [1.165, 1.54) is 6.42 Å². The molecular weight excluding hydrogens is 657 g/mol. The summed E-state index contributed by atoms with van der Waals surface area (Å²) in [6.07, 6.45) is 3.29. The van der Waals surface area contributed by atoms with Gasteiger partial charge >= 0.3 is 6.18 Å². The van der Waals surface area contributed by atoms with E-state index < -0.39 is 46.9 Å². The van der Waals surface area contributed by atoms with Gasteiger partial charge in [0.05, 0.1) is 6.61 Å². The van der Waals surface area contributed by atoms with Crippen molar-refractivity contribution in [3.05, 3.63) is 11.3 Å². The van der Waals surface area contributed by atoms with Crippen molar-refractivity contribution in [3.63, 3.8) is 0 Å². The lowest BCUT2D eigenvalue weighted by atomic mass is 9.56. The first-order valence-electron chi connectivity index (χ1n) is 19.4. The van der Waals surface area contributed by atoms with Crippen LogP contribution in [0, 0.1) is 47.3 Å². The Kier molecular flexibility index (Phi) is 10.2. The molecule has 7 aliphatic rings. The number of hydrogen-bond donors (Lipinski definition) is 0. The van der Waals surface area contributed by atoms with Gasteiger partial charge in [-0.05, 0) is 101 Å². The number of ether oxygens (including phenoxy) is 5. The fourth-order valence-corrected chi connectivity index (χ4v) is 11.2. The fourth-order valence-electron chi connectivity index (χ4n) is 11.2. The van der Waals surface area contributed by atoms with Crippen LogP contribution >= 0.6 is 0 Å². The van der Waals surface area contributed by atoms with Gasteiger partial charge in [0.2, 0.25) is 11.5 Å². The maximum Gasteiger partial charge on any atom is 0.453 e. The Hall–Kier alpha value is -0.990. The zero-order chi connectivity index (χ0) is 35.7. The first-order valence-corrected chi connectivity index (χ1v) is 19.4. The van der Waals surface area contributed by atoms with Crippen LogP contribution in [0.2, 0.25) is 0 Å². The van der Waals surface area contributed by atoms with Crippen molar-refractivity contribution in [1.82, 2.24) is 0 Å². The zero-order valence-electron chi connectivity index (χ0n) is 31.0. The predicted molar refractivity (Wildman–Crippen MR) is 174 cm³/mol. The Bertz CT molecular complexity index is 1260. The smallest absolute Gasteiger partial charge is 0.377 e. The van der Waals surface area contributed by atoms with Crippen LogP contribution in [0.1, 0.15) is 119 Å². The molecule has 286 valence electrons. The molecule has 0 aromatic carbocycles. The number of allylic oxidation sites excluding steroid dienone is 1. The topological polar surface area (TPSA) is 83.1 Å². The largest absolute Gasteiger partial charge is 0.453 e. The Balaban J connectivity index is 0.955. The van der Waals surface area contributed by atoms with Crippen molar-refractivity contribution in [2.75, 3.05) is 19.8 Å². The van der Waals surface area contributed by atoms with E-state index in [9.17, 15) is 13.2 Å². The monoisotopic (exact) mass is 716 g/mol. The lowest BCUT2D eigenvalue weighted by Crippen LogP contribution is -2.66. The highest BCUT2D eigenvalue weighted by atomic mass is 19.4. The summed E-state index contributed by atoms with van der Waals surface area (Å²) in [6.45, 7) is 14.9. The highest BCUT2D eigenvalue weighted by molar-refractivity contribution is 5.24. The molecule has 2 saturated carbocycles. The maximum atomic E-state index is 14.7. The molecular formula is C38H59F3O9. The third-order valence-corrected chi connectivity index (χ3v) is 13.8. The van der Waals surface area contributed by atoms with Gasteiger partial charge in [-0.3, -0.25) is 0 Å². The molecule has 0 radical (unpaired) electrons. The molecule has 4 saturated heterocycles. The summed E-state index contributed by atoms with van der Waals surface area (Å²) in [5, 5.41) is 0. The maximum absolute atomic E-state index is 14.7. The Morgan fingerprint density at radius 2 is 1.50 bits per heavy atom. The van der Waals surface area contributed by atoms with Crippen LogP contribution in [0.5, 0.6) is 0 Å². The van der Waals surface area contributed by atoms with Crippen molar-refractivity contribution in [3.8, 4) is 0 Å². The molecule has 0 aromatic heterocycles. The number of halogens is 3. The van der Waals surface area contributed by atoms with E-state index in [0.29, 0.717) is 56.7 Å². The van der Waals surface area contributed by atoms with Gasteiger partial charge in [0, 0.05) is 49.4 Å². The van der Waals surface area contributed by atoms with E-state index in [2.05, 4.69) is 20.8 Å². The van der Waals surface area contributed by atoms with Gasteiger partial charge in [-0.2, -0.15) is 18.1 Å². The van der Waals surface area contributed by atoms with Gasteiger partial charge in [-0.1, -0.05) is 34.6 Å². The summed E-state index contributed by atoms with van der Waals surface area (Å²) in [6, 6.07) is 0. The Morgan fingerprint density at radius 3 is 2.26 bits per heavy atom. The zero-order valence-corrected chi connectivity index (χ0v) is 31.0. The van der Waals surface area contributed by atoms with Gasteiger partial charge in [0.15, 0.2) is 18.4 Å². The van der Waals surface area contributed by atoms with E-state index in [-0.39, 0.29) is 42.1 Å². The molecule has 1 spiro atoms. The number of hydrogen-bond acceptors (Lipinski definition) is 9. The van der Waals surface area contributed by atoms with Gasteiger partial charge in [0.1, 0.15) is 11.2 Å². The molecule has 5 heterocycles. The predicted octanol–water partition coefficient (Wildman–Crippen LogP) is 8.76. The third kappa shape index (κ3) is 6.27. The molecule has 4 bridgehead atoms. The Labute approximate surface area is 295 Å². The van der Waals surface area contributed by atoms with Crippen molar-refractivity contribution < 1.29 is 56.4 Å². The lowest BCUT2D eigenvalue weighted by Gasteiger charge is -2.58. The number of rotatable bonds is 10. The summed E-state index contributed by atoms with van der Waals surface area (Å²) in [4.78, 5) is 22.6. The average Bonchev–Trinajstić information content (AvgIpc) is 3.17. The van der Waals surface area contributed by atoms with E-state index >= 15 is 0 Å². The molecule has 7 rings (SSSR count). The Morgan fingerprint density at radius 1 is 0.800 bits per heavy atom. The van der Waals surface area contributed by atoms with Crippen LogP contribution in [0.4, 0.5) is 13.2 Å². The van der Waals surface area contributed by atoms with Crippen LogP contribution in [0.25, 0.3) is 0 Å². The van der Waals surface area contributed by atoms with Gasteiger partial charge in [0.25, 0.3) is 0 Å². The SMILES string of the molecule is CC(C)[C@@]12OO[C@@]3(C)CC[C@H]1[C@H](C)CC[C@H]2/C(COCCCCCO[C@H]1O[C@@H]2O[C@]4(C)CC[C@H]5[C@H](C)CC[C@@H]([C@H]1C)C25O4)=C(/C(F)(F)F)OO3. The van der Waals surface area contributed by atoms with Crippen molar-refractivity contribution in [1.29, 1.82) is 0 Å². The minimum absolute atomic E-state index is 0.00537. The molecule has 5 aliphatic heterocycles. The third-order valence-electron chi connectivity index (χ3n) is 13.8. The second-order valence-electron chi connectivity index (χ2n) is 17.3. The standard InChI is InChI=1S/C38H59F3O9/c1-22(2)36-27-16-18-35(7,49-50-36)48-46-31(38(39,40)41)26(30(36)14-12-23(27)3)21-42-19-9-8-10-20-43-32-25(5)29-13-11-24(4)28-15-17-34(6)45-33(44-32)37(28,29)47-34/h22-25,27-30,32-33H,8-21H2,1-7H3/b31-26-/t23-,24-,25-,27+,28+,29+,30+,32+,33-,34+,35+,36-,37?/m1/s1. The highest BCUT2D eigenvalue weighted by Gasteiger charge is 2.71. The minimum atomic E-state index is -4.78. The summed E-state index contributed by atoms with van der Waals surface area (Å²) in [5.41, 5.74) is -1.32. The van der Waals surface area contributed by atoms with Crippen LogP contribution in [0.3, 0.4) is 0 Å². The molecule has 13 atom stereocenters. The van der Waals surface area contributed by atoms with E-state index in [1.807, 2.05) is 20.8 Å². The van der Waals surface area contributed by atoms with E-state index in [1.54, 1.807) is 6.92 Å². The molecule has 0 amide bonds. The molecule has 1 unspecified atom stereocenters. The first kappa shape index (κ1) is 37.3. The van der Waals surface area contributed by atoms with E-state index in [0.717, 1.165) is 38.5 Å². The molecule has 2 aliphatic carbocycles. The molecule has 12 heteroatoms. The van der Waals surface area contributed by atoms with Gasteiger partial charge in [-0.15, -0.1) is 4.89 Å². The molecule has 6 fully saturated rings. The summed E-state index contributed by atoms with van der Waals surface area (Å²) < 4.78 is 76.1. The number of fused-ring (bicyclic) bond motifs is 3. The van der Waals surface area contributed by atoms with Crippen molar-refractivity contribution in [2.24, 2.45) is 47.3 Å². The van der Waals surface area contributed by atoms with Crippen LogP contribution < -0.4 is 0 Å². The summed E-state index contributed by atoms with van der Waals surface area (Å²) >= 11 is 0. The number of alkyl halides is 3. The second kappa shape index (κ2) is 13.7. The second-order valence-corrected chi connectivity index (χ2v) is 17.3.